The first-order chi connectivity index (χ1) is 2.27. The Morgan fingerprint density at radius 3 is 1.67 bits per heavy atom. The van der Waals surface area contributed by atoms with Crippen molar-refractivity contribution in [3.8, 4) is 0 Å². The molecule has 0 atom stereocenters. The largest absolute Gasteiger partial charge is 0.412 e. The first kappa shape index (κ1) is 9.51. The molecule has 4 heteroatoms. The van der Waals surface area contributed by atoms with Crippen LogP contribution in [0.3, 0.4) is 0 Å². The maximum Gasteiger partial charge on any atom is 0.162 e. The van der Waals surface area contributed by atoms with Crippen LogP contribution in [0, 0.1) is 0 Å². The third-order valence-electron chi connectivity index (χ3n) is 0.103. The second kappa shape index (κ2) is 5.21. The molecule has 0 saturated carbocycles. The average Bonchev–Trinajstić information content (AvgIpc) is 1.38. The Morgan fingerprint density at radius 2 is 1.67 bits per heavy atom. The van der Waals surface area contributed by atoms with Crippen LogP contribution in [0.2, 0.25) is 0 Å². The van der Waals surface area contributed by atoms with Gasteiger partial charge in [-0.1, -0.05) is 23.2 Å². The van der Waals surface area contributed by atoms with Gasteiger partial charge in [0.25, 0.3) is 0 Å². The molecule has 0 aliphatic rings. The Kier molecular flexibility index (Phi) is 8.26. The first-order valence-corrected chi connectivity index (χ1v) is 1.88. The molecule has 0 aliphatic carbocycles. The molecule has 2 N–H and O–H groups in total. The molecule has 0 aromatic rings. The smallest absolute Gasteiger partial charge is 0.162 e. The molecule has 0 unspecified atom stereocenters. The van der Waals surface area contributed by atoms with Crippen LogP contribution in [0.1, 0.15) is 0 Å². The van der Waals surface area contributed by atoms with Gasteiger partial charge in [0.1, 0.15) is 0 Å². The lowest BCUT2D eigenvalue weighted by molar-refractivity contribution is -0.106. The zero-order chi connectivity index (χ0) is 4.28. The number of carbonyl (C=O) groups excluding carboxylic acids is 1. The molecular formula is C2H4Cl2O2. The molecule has 0 aliphatic heterocycles. The summed E-state index contributed by atoms with van der Waals surface area (Å²) in [6.45, 7) is 0. The second-order valence-electron chi connectivity index (χ2n) is 0.471. The van der Waals surface area contributed by atoms with Crippen molar-refractivity contribution in [2.75, 3.05) is 0 Å². The van der Waals surface area contributed by atoms with E-state index in [9.17, 15) is 4.79 Å². The molecule has 0 heterocycles. The first-order valence-electron chi connectivity index (χ1n) is 1.01. The number of rotatable bonds is 1. The molecule has 0 aromatic carbocycles. The summed E-state index contributed by atoms with van der Waals surface area (Å²) in [5.41, 5.74) is 0. The summed E-state index contributed by atoms with van der Waals surface area (Å²) in [7, 11) is 0. The van der Waals surface area contributed by atoms with Crippen LogP contribution in [-0.2, 0) is 4.79 Å². The molecule has 38 valence electrons. The van der Waals surface area contributed by atoms with Crippen LogP contribution in [0.25, 0.3) is 0 Å². The summed E-state index contributed by atoms with van der Waals surface area (Å²) in [6.07, 6.45) is 0.448. The maximum atomic E-state index is 9.24. The Labute approximate surface area is 45.4 Å². The van der Waals surface area contributed by atoms with E-state index in [2.05, 4.69) is 0 Å². The van der Waals surface area contributed by atoms with E-state index in [1.54, 1.807) is 0 Å². The topological polar surface area (TPSA) is 48.6 Å². The fourth-order valence-corrected chi connectivity index (χ4v) is 0. The fraction of sp³-hybridized carbons (Fsp3) is 0.500. The lowest BCUT2D eigenvalue weighted by atomic mass is 10.9. The van der Waals surface area contributed by atoms with Crippen molar-refractivity contribution in [1.29, 1.82) is 0 Å². The predicted octanol–water partition coefficient (Wildman–Crippen LogP) is 0.164. The Hall–Kier alpha value is 0.210. The highest BCUT2D eigenvalue weighted by molar-refractivity contribution is 6.51. The molecule has 0 rings (SSSR count). The molecule has 0 spiro atoms. The van der Waals surface area contributed by atoms with E-state index in [-0.39, 0.29) is 5.48 Å². The van der Waals surface area contributed by atoms with Crippen molar-refractivity contribution < 1.29 is 10.3 Å². The monoisotopic (exact) mass is 130 g/mol. The molecule has 2 nitrogen and oxygen atoms in total. The third kappa shape index (κ3) is 8.88. The van der Waals surface area contributed by atoms with Crippen molar-refractivity contribution in [2.24, 2.45) is 0 Å². The van der Waals surface area contributed by atoms with Crippen molar-refractivity contribution in [1.82, 2.24) is 0 Å². The van der Waals surface area contributed by atoms with E-state index in [1.165, 1.54) is 0 Å². The Balaban J connectivity index is 0. The zero-order valence-corrected chi connectivity index (χ0v) is 4.33. The van der Waals surface area contributed by atoms with Crippen LogP contribution in [0.15, 0.2) is 0 Å². The molecular weight excluding hydrogens is 127 g/mol. The van der Waals surface area contributed by atoms with E-state index >= 15 is 0 Å². The number of halogens is 2. The number of hydrogen-bond acceptors (Lipinski definition) is 1. The van der Waals surface area contributed by atoms with Gasteiger partial charge in [0.05, 0.1) is 0 Å². The van der Waals surface area contributed by atoms with Crippen LogP contribution in [-0.4, -0.2) is 16.6 Å². The van der Waals surface area contributed by atoms with Crippen LogP contribution < -0.4 is 0 Å². The van der Waals surface area contributed by atoms with E-state index in [4.69, 9.17) is 23.2 Å². The molecule has 0 saturated heterocycles. The molecule has 0 radical (unpaired) electrons. The van der Waals surface area contributed by atoms with E-state index < -0.39 is 4.84 Å². The van der Waals surface area contributed by atoms with E-state index in [0.717, 1.165) is 0 Å². The minimum absolute atomic E-state index is 0. The fourth-order valence-electron chi connectivity index (χ4n) is 0. The van der Waals surface area contributed by atoms with Gasteiger partial charge < -0.3 is 10.3 Å². The van der Waals surface area contributed by atoms with Crippen LogP contribution in [0.4, 0.5) is 0 Å². The molecule has 0 amide bonds. The number of aldehydes is 1. The second-order valence-corrected chi connectivity index (χ2v) is 1.63. The molecule has 6 heavy (non-hydrogen) atoms. The number of alkyl halides is 2. The number of hydrogen-bond donors (Lipinski definition) is 0. The van der Waals surface area contributed by atoms with Crippen LogP contribution in [0.5, 0.6) is 0 Å². The summed E-state index contributed by atoms with van der Waals surface area (Å²) >= 11 is 9.72. The van der Waals surface area contributed by atoms with E-state index in [0.29, 0.717) is 6.29 Å². The summed E-state index contributed by atoms with van der Waals surface area (Å²) < 4.78 is 0. The molecule has 0 bridgehead atoms. The summed E-state index contributed by atoms with van der Waals surface area (Å²) in [6, 6.07) is 0. The quantitative estimate of drug-likeness (QED) is 0.369. The van der Waals surface area contributed by atoms with Crippen molar-refractivity contribution in [3.63, 3.8) is 0 Å². The van der Waals surface area contributed by atoms with Crippen molar-refractivity contribution in [2.45, 2.75) is 4.84 Å². The van der Waals surface area contributed by atoms with E-state index in [1.807, 2.05) is 0 Å². The van der Waals surface area contributed by atoms with Gasteiger partial charge >= 0.3 is 0 Å². The van der Waals surface area contributed by atoms with Gasteiger partial charge in [0.15, 0.2) is 11.1 Å². The highest BCUT2D eigenvalue weighted by Gasteiger charge is 1.86. The normalized spacial score (nSPS) is 7.17. The summed E-state index contributed by atoms with van der Waals surface area (Å²) in [4.78, 5) is 8.39. The van der Waals surface area contributed by atoms with Crippen LogP contribution >= 0.6 is 23.2 Å². The van der Waals surface area contributed by atoms with Gasteiger partial charge in [-0.05, 0) is 0 Å². The molecule has 0 aromatic heterocycles. The van der Waals surface area contributed by atoms with Gasteiger partial charge in [0.2, 0.25) is 0 Å². The maximum absolute atomic E-state index is 9.24. The highest BCUT2D eigenvalue weighted by atomic mass is 35.5. The standard InChI is InChI=1S/C2H2Cl2O.H2O/c3-2(4)1-5;/h1-2H;1H2. The lowest BCUT2D eigenvalue weighted by Crippen LogP contribution is -1.81. The average molecular weight is 131 g/mol. The molecule has 0 fully saturated rings. The SMILES string of the molecule is O.O=CC(Cl)Cl. The summed E-state index contributed by atoms with van der Waals surface area (Å²) in [5, 5.41) is 0. The van der Waals surface area contributed by atoms with Gasteiger partial charge in [-0.15, -0.1) is 0 Å². The van der Waals surface area contributed by atoms with Gasteiger partial charge in [-0.25, -0.2) is 0 Å². The Bertz CT molecular complexity index is 36.5. The minimum Gasteiger partial charge on any atom is -0.412 e. The zero-order valence-electron chi connectivity index (χ0n) is 2.82. The lowest BCUT2D eigenvalue weighted by Gasteiger charge is -1.72. The van der Waals surface area contributed by atoms with Crippen molar-refractivity contribution >= 4 is 29.5 Å². The van der Waals surface area contributed by atoms with Gasteiger partial charge in [-0.3, -0.25) is 0 Å². The predicted molar refractivity (Wildman–Crippen MR) is 25.2 cm³/mol. The van der Waals surface area contributed by atoms with Gasteiger partial charge in [-0.2, -0.15) is 0 Å². The van der Waals surface area contributed by atoms with Crippen molar-refractivity contribution in [3.05, 3.63) is 0 Å². The summed E-state index contributed by atoms with van der Waals surface area (Å²) in [5.74, 6) is 0. The van der Waals surface area contributed by atoms with Gasteiger partial charge in [0, 0.05) is 0 Å². The Morgan fingerprint density at radius 1 is 1.50 bits per heavy atom. The minimum atomic E-state index is -0.852. The third-order valence-corrected chi connectivity index (χ3v) is 0.309. The highest BCUT2D eigenvalue weighted by Crippen LogP contribution is 1.93. The number of carbonyl (C=O) groups is 1.